The largest absolute Gasteiger partial charge is 0.369 e. The number of H-pyrrole nitrogens is 1. The van der Waals surface area contributed by atoms with Gasteiger partial charge in [-0.05, 0) is 49.3 Å². The van der Waals surface area contributed by atoms with Crippen LogP contribution in [0.3, 0.4) is 0 Å². The van der Waals surface area contributed by atoms with Crippen molar-refractivity contribution in [2.45, 2.75) is 19.9 Å². The smallest absolute Gasteiger partial charge is 0.178 e. The third-order valence-electron chi connectivity index (χ3n) is 4.28. The first-order valence-corrected chi connectivity index (χ1v) is 8.67. The lowest BCUT2D eigenvalue weighted by Crippen LogP contribution is -2.07. The molecule has 1 aromatic carbocycles. The van der Waals surface area contributed by atoms with E-state index in [1.165, 1.54) is 5.56 Å². The molecule has 0 saturated carbocycles. The van der Waals surface area contributed by atoms with Crippen LogP contribution in [0.5, 0.6) is 0 Å². The number of hydrogen-bond donors (Lipinski definition) is 2. The normalized spacial score (nSPS) is 11.2. The number of aromatic nitrogens is 5. The molecule has 7 heteroatoms. The van der Waals surface area contributed by atoms with Crippen molar-refractivity contribution in [3.05, 3.63) is 53.3 Å². The van der Waals surface area contributed by atoms with Crippen LogP contribution in [0, 0.1) is 4.77 Å². The lowest BCUT2D eigenvalue weighted by atomic mass is 10.2. The number of hydrogen-bond acceptors (Lipinski definition) is 5. The third kappa shape index (κ3) is 2.98. The molecule has 0 unspecified atom stereocenters. The van der Waals surface area contributed by atoms with E-state index in [1.54, 1.807) is 12.5 Å². The summed E-state index contributed by atoms with van der Waals surface area (Å²) >= 11 is 5.40. The number of benzene rings is 1. The van der Waals surface area contributed by atoms with E-state index in [1.807, 2.05) is 12.3 Å². The fraction of sp³-hybridized carbons (Fsp3) is 0.222. The molecule has 0 aliphatic rings. The summed E-state index contributed by atoms with van der Waals surface area (Å²) in [6.45, 7) is 3.69. The molecule has 0 aliphatic carbocycles. The van der Waals surface area contributed by atoms with Crippen LogP contribution in [-0.2, 0) is 13.0 Å². The SMILES string of the molecule is CCn1c(=S)[nH]c2cc3c(NCCc4cccnc4)ncnc3cc21. The molecule has 126 valence electrons. The van der Waals surface area contributed by atoms with Crippen molar-refractivity contribution in [2.24, 2.45) is 0 Å². The number of imidazole rings is 1. The number of aryl methyl sites for hydroxylation is 1. The van der Waals surface area contributed by atoms with Crippen LogP contribution < -0.4 is 5.32 Å². The Kier molecular flexibility index (Phi) is 4.15. The van der Waals surface area contributed by atoms with Crippen LogP contribution >= 0.6 is 12.2 Å². The van der Waals surface area contributed by atoms with Gasteiger partial charge in [0, 0.05) is 30.9 Å². The first-order valence-electron chi connectivity index (χ1n) is 8.26. The van der Waals surface area contributed by atoms with E-state index in [9.17, 15) is 0 Å². The van der Waals surface area contributed by atoms with Crippen LogP contribution in [0.2, 0.25) is 0 Å². The Labute approximate surface area is 150 Å². The van der Waals surface area contributed by atoms with E-state index in [0.29, 0.717) is 0 Å². The summed E-state index contributed by atoms with van der Waals surface area (Å²) < 4.78 is 2.80. The summed E-state index contributed by atoms with van der Waals surface area (Å²) in [4.78, 5) is 16.2. The molecule has 2 N–H and O–H groups in total. The van der Waals surface area contributed by atoms with Crippen LogP contribution in [0.4, 0.5) is 5.82 Å². The van der Waals surface area contributed by atoms with Gasteiger partial charge in [0.15, 0.2) is 4.77 Å². The minimum absolute atomic E-state index is 0.729. The zero-order valence-electron chi connectivity index (χ0n) is 13.9. The van der Waals surface area contributed by atoms with Gasteiger partial charge in [0.05, 0.1) is 16.6 Å². The van der Waals surface area contributed by atoms with Gasteiger partial charge < -0.3 is 14.9 Å². The molecule has 4 rings (SSSR count). The molecule has 0 amide bonds. The van der Waals surface area contributed by atoms with Crippen molar-refractivity contribution in [3.63, 3.8) is 0 Å². The highest BCUT2D eigenvalue weighted by Crippen LogP contribution is 2.25. The summed E-state index contributed by atoms with van der Waals surface area (Å²) in [5.41, 5.74) is 4.17. The maximum absolute atomic E-state index is 5.40. The average Bonchev–Trinajstić information content (AvgIpc) is 2.95. The van der Waals surface area contributed by atoms with Crippen molar-refractivity contribution >= 4 is 40.0 Å². The van der Waals surface area contributed by atoms with Gasteiger partial charge in [0.1, 0.15) is 12.1 Å². The van der Waals surface area contributed by atoms with E-state index < -0.39 is 0 Å². The predicted octanol–water partition coefficient (Wildman–Crippen LogP) is 3.71. The summed E-state index contributed by atoms with van der Waals surface area (Å²) in [7, 11) is 0. The summed E-state index contributed by atoms with van der Waals surface area (Å²) in [6, 6.07) is 8.16. The molecule has 0 spiro atoms. The summed E-state index contributed by atoms with van der Waals surface area (Å²) in [5, 5.41) is 4.40. The average molecular weight is 350 g/mol. The third-order valence-corrected chi connectivity index (χ3v) is 4.60. The number of aromatic amines is 1. The standard InChI is InChI=1S/C18H18N6S/c1-2-24-16-9-14-13(8-15(16)23-18(24)25)17(22-11-21-14)20-7-5-12-4-3-6-19-10-12/h3-4,6,8-11H,2,5,7H2,1H3,(H,23,25)(H,20,21,22). The molecule has 6 nitrogen and oxygen atoms in total. The number of nitrogens with one attached hydrogen (secondary N) is 2. The highest BCUT2D eigenvalue weighted by Gasteiger charge is 2.09. The second kappa shape index (κ2) is 6.60. The van der Waals surface area contributed by atoms with E-state index in [4.69, 9.17) is 12.2 Å². The number of rotatable bonds is 5. The Bertz CT molecular complexity index is 1080. The van der Waals surface area contributed by atoms with Crippen LogP contribution in [0.15, 0.2) is 43.0 Å². The van der Waals surface area contributed by atoms with E-state index in [-0.39, 0.29) is 0 Å². The molecule has 0 atom stereocenters. The fourth-order valence-electron chi connectivity index (χ4n) is 3.03. The molecular formula is C18H18N6S. The van der Waals surface area contributed by atoms with Crippen molar-refractivity contribution < 1.29 is 0 Å². The van der Waals surface area contributed by atoms with Crippen LogP contribution in [0.1, 0.15) is 12.5 Å². The van der Waals surface area contributed by atoms with E-state index >= 15 is 0 Å². The van der Waals surface area contributed by atoms with Crippen LogP contribution in [0.25, 0.3) is 21.9 Å². The van der Waals surface area contributed by atoms with Crippen molar-refractivity contribution in [1.82, 2.24) is 24.5 Å². The number of nitrogens with zero attached hydrogens (tertiary/aromatic N) is 4. The molecule has 4 aromatic rings. The van der Waals surface area contributed by atoms with Gasteiger partial charge in [-0.2, -0.15) is 0 Å². The molecule has 3 heterocycles. The van der Waals surface area contributed by atoms with Gasteiger partial charge in [-0.1, -0.05) is 6.07 Å². The predicted molar refractivity (Wildman–Crippen MR) is 102 cm³/mol. The summed E-state index contributed by atoms with van der Waals surface area (Å²) in [6.07, 6.45) is 6.15. The fourth-order valence-corrected chi connectivity index (χ4v) is 3.37. The Morgan fingerprint density at radius 2 is 2.20 bits per heavy atom. The topological polar surface area (TPSA) is 71.4 Å². The molecule has 3 aromatic heterocycles. The Balaban J connectivity index is 1.67. The quantitative estimate of drug-likeness (QED) is 0.537. The first-order chi connectivity index (χ1) is 12.3. The second-order valence-corrected chi connectivity index (χ2v) is 6.21. The zero-order chi connectivity index (χ0) is 17.2. The summed E-state index contributed by atoms with van der Waals surface area (Å²) in [5.74, 6) is 0.833. The van der Waals surface area contributed by atoms with Crippen molar-refractivity contribution in [1.29, 1.82) is 0 Å². The molecule has 0 aliphatic heterocycles. The van der Waals surface area contributed by atoms with Gasteiger partial charge >= 0.3 is 0 Å². The Morgan fingerprint density at radius 3 is 3.00 bits per heavy atom. The van der Waals surface area contributed by atoms with Crippen molar-refractivity contribution in [3.8, 4) is 0 Å². The molecule has 0 radical (unpaired) electrons. The number of pyridine rings is 1. The highest BCUT2D eigenvalue weighted by atomic mass is 32.1. The van der Waals surface area contributed by atoms with Gasteiger partial charge in [-0.25, -0.2) is 9.97 Å². The molecule has 0 saturated heterocycles. The monoisotopic (exact) mass is 350 g/mol. The Hall–Kier alpha value is -2.80. The van der Waals surface area contributed by atoms with Gasteiger partial charge in [-0.3, -0.25) is 4.98 Å². The minimum Gasteiger partial charge on any atom is -0.369 e. The van der Waals surface area contributed by atoms with Gasteiger partial charge in [0.2, 0.25) is 0 Å². The maximum Gasteiger partial charge on any atom is 0.178 e. The maximum atomic E-state index is 5.40. The molecule has 25 heavy (non-hydrogen) atoms. The van der Waals surface area contributed by atoms with E-state index in [0.717, 1.165) is 52.0 Å². The van der Waals surface area contributed by atoms with Crippen molar-refractivity contribution in [2.75, 3.05) is 11.9 Å². The van der Waals surface area contributed by atoms with Crippen LogP contribution in [-0.4, -0.2) is 31.0 Å². The Morgan fingerprint density at radius 1 is 1.28 bits per heavy atom. The van der Waals surface area contributed by atoms with E-state index in [2.05, 4.69) is 54.9 Å². The molecule has 0 bridgehead atoms. The van der Waals surface area contributed by atoms with Gasteiger partial charge in [-0.15, -0.1) is 0 Å². The first kappa shape index (κ1) is 15.7. The zero-order valence-corrected chi connectivity index (χ0v) is 14.7. The molecular weight excluding hydrogens is 332 g/mol. The van der Waals surface area contributed by atoms with Gasteiger partial charge in [0.25, 0.3) is 0 Å². The highest BCUT2D eigenvalue weighted by molar-refractivity contribution is 7.71. The minimum atomic E-state index is 0.729. The second-order valence-electron chi connectivity index (χ2n) is 5.82. The lowest BCUT2D eigenvalue weighted by molar-refractivity contribution is 0.774. The lowest BCUT2D eigenvalue weighted by Gasteiger charge is -2.09. The number of fused-ring (bicyclic) bond motifs is 2. The number of anilines is 1. The molecule has 0 fully saturated rings.